The molecule has 0 fully saturated rings. The fraction of sp³-hybridized carbons (Fsp3) is 0.391. The molecule has 3 aromatic rings. The number of nitrogens with zero attached hydrogens (tertiary/aromatic N) is 2. The third-order valence-electron chi connectivity index (χ3n) is 5.22. The third-order valence-corrected chi connectivity index (χ3v) is 5.22. The van der Waals surface area contributed by atoms with Gasteiger partial charge in [0.15, 0.2) is 11.4 Å². The molecule has 0 saturated heterocycles. The minimum Gasteiger partial charge on any atom is -0.485 e. The van der Waals surface area contributed by atoms with Crippen molar-refractivity contribution < 1.29 is 28.2 Å². The van der Waals surface area contributed by atoms with Gasteiger partial charge in [-0.3, -0.25) is 14.5 Å². The van der Waals surface area contributed by atoms with E-state index in [4.69, 9.17) is 9.47 Å². The Hall–Kier alpha value is -3.04. The summed E-state index contributed by atoms with van der Waals surface area (Å²) < 4.78 is 40.0. The largest absolute Gasteiger partial charge is 0.485 e. The minimum absolute atomic E-state index is 0.184. The third kappa shape index (κ3) is 5.05. The normalized spacial score (nSPS) is 13.2. The van der Waals surface area contributed by atoms with Crippen molar-refractivity contribution in [1.29, 1.82) is 0 Å². The number of esters is 1. The van der Waals surface area contributed by atoms with Gasteiger partial charge < -0.3 is 14.6 Å². The number of carbonyl (C=O) groups is 1. The molecule has 2 N–H and O–H groups in total. The second-order valence-electron chi connectivity index (χ2n) is 7.42. The quantitative estimate of drug-likeness (QED) is 0.363. The lowest BCUT2D eigenvalue weighted by Gasteiger charge is -2.21. The van der Waals surface area contributed by atoms with Crippen LogP contribution in [0.5, 0.6) is 5.75 Å². The number of benzene rings is 1. The van der Waals surface area contributed by atoms with E-state index in [-0.39, 0.29) is 12.2 Å². The number of aryl methyl sites for hydroxylation is 1. The van der Waals surface area contributed by atoms with Gasteiger partial charge in [-0.1, -0.05) is 25.8 Å². The van der Waals surface area contributed by atoms with Crippen LogP contribution < -0.4 is 10.1 Å². The average molecular weight is 447 g/mol. The summed E-state index contributed by atoms with van der Waals surface area (Å²) in [5, 5.41) is 13.8. The summed E-state index contributed by atoms with van der Waals surface area (Å²) in [5.74, 6) is -1.55. The molecule has 2 heterocycles. The molecule has 1 aromatic carbocycles. The molecule has 1 unspecified atom stereocenters. The topological polar surface area (TPSA) is 85.1 Å². The highest BCUT2D eigenvalue weighted by Gasteiger charge is 2.26. The number of hydrogen-bond donors (Lipinski definition) is 2. The Morgan fingerprint density at radius 1 is 1.25 bits per heavy atom. The molecule has 0 radical (unpaired) electrons. The molecule has 0 aliphatic heterocycles. The number of aromatic nitrogens is 2. The van der Waals surface area contributed by atoms with E-state index in [2.05, 4.69) is 10.3 Å². The number of pyridine rings is 1. The van der Waals surface area contributed by atoms with Crippen LogP contribution in [-0.4, -0.2) is 33.6 Å². The highest BCUT2D eigenvalue weighted by Crippen LogP contribution is 2.26. The molecule has 0 aliphatic carbocycles. The number of methoxy groups -OCH3 is 1. The Labute approximate surface area is 185 Å². The van der Waals surface area contributed by atoms with Gasteiger partial charge >= 0.3 is 5.97 Å². The standard InChI is InChI=1S/C23H27F2N3O4/c1-4-5-10-18(23(30)31-3)27-22(29)20-14(2)26-21-19(11-7-12-28(20)21)32-13-15-16(24)8-6-9-17(15)25/h6-9,11-12,18,22,27,29H,4-5,10,13H2,1-3H3/t18-,22?/m0/s1. The monoisotopic (exact) mass is 447 g/mol. The van der Waals surface area contributed by atoms with E-state index in [0.29, 0.717) is 29.2 Å². The van der Waals surface area contributed by atoms with Crippen molar-refractivity contribution in [3.8, 4) is 5.75 Å². The second kappa shape index (κ2) is 10.5. The van der Waals surface area contributed by atoms with E-state index in [0.717, 1.165) is 12.8 Å². The number of fused-ring (bicyclic) bond motifs is 1. The molecule has 2 aromatic heterocycles. The second-order valence-corrected chi connectivity index (χ2v) is 7.42. The number of aliphatic hydroxyl groups is 1. The van der Waals surface area contributed by atoms with Crippen LogP contribution in [0.1, 0.15) is 49.4 Å². The van der Waals surface area contributed by atoms with Crippen LogP contribution in [-0.2, 0) is 16.1 Å². The minimum atomic E-state index is -1.20. The van der Waals surface area contributed by atoms with Gasteiger partial charge in [0.1, 0.15) is 30.5 Å². The zero-order chi connectivity index (χ0) is 23.3. The van der Waals surface area contributed by atoms with Crippen LogP contribution in [0.3, 0.4) is 0 Å². The number of rotatable bonds is 10. The molecule has 0 saturated carbocycles. The lowest BCUT2D eigenvalue weighted by molar-refractivity contribution is -0.144. The Morgan fingerprint density at radius 3 is 2.62 bits per heavy atom. The molecule has 32 heavy (non-hydrogen) atoms. The number of ether oxygens (including phenoxy) is 2. The van der Waals surface area contributed by atoms with Crippen molar-refractivity contribution >= 4 is 11.6 Å². The van der Waals surface area contributed by atoms with Crippen LogP contribution in [0.25, 0.3) is 5.65 Å². The highest BCUT2D eigenvalue weighted by atomic mass is 19.1. The fourth-order valence-corrected chi connectivity index (χ4v) is 3.53. The average Bonchev–Trinajstić information content (AvgIpc) is 3.12. The van der Waals surface area contributed by atoms with Gasteiger partial charge in [-0.05, 0) is 37.6 Å². The summed E-state index contributed by atoms with van der Waals surface area (Å²) in [7, 11) is 1.30. The van der Waals surface area contributed by atoms with Gasteiger partial charge in [-0.25, -0.2) is 13.8 Å². The number of hydrogen-bond acceptors (Lipinski definition) is 6. The molecule has 0 aliphatic rings. The van der Waals surface area contributed by atoms with Gasteiger partial charge in [-0.2, -0.15) is 0 Å². The fourth-order valence-electron chi connectivity index (χ4n) is 3.53. The molecule has 0 amide bonds. The maximum absolute atomic E-state index is 13.9. The molecule has 0 bridgehead atoms. The van der Waals surface area contributed by atoms with Crippen LogP contribution in [0.15, 0.2) is 36.5 Å². The highest BCUT2D eigenvalue weighted by molar-refractivity contribution is 5.75. The SMILES string of the molecule is CCCC[C@H](NC(O)c1c(C)nc2c(OCc3c(F)cccc3F)cccn12)C(=O)OC. The van der Waals surface area contributed by atoms with Crippen molar-refractivity contribution in [2.75, 3.05) is 7.11 Å². The molecular formula is C23H27F2N3O4. The van der Waals surface area contributed by atoms with E-state index < -0.39 is 29.9 Å². The predicted molar refractivity (Wildman–Crippen MR) is 114 cm³/mol. The summed E-state index contributed by atoms with van der Waals surface area (Å²) in [4.78, 5) is 16.6. The number of halogens is 2. The molecule has 3 rings (SSSR count). The first-order chi connectivity index (χ1) is 15.4. The Kier molecular flexibility index (Phi) is 7.76. The van der Waals surface area contributed by atoms with Crippen molar-refractivity contribution in [2.24, 2.45) is 0 Å². The first-order valence-corrected chi connectivity index (χ1v) is 10.4. The lowest BCUT2D eigenvalue weighted by Crippen LogP contribution is -2.40. The first kappa shape index (κ1) is 23.6. The molecule has 7 nitrogen and oxygen atoms in total. The number of unbranched alkanes of at least 4 members (excludes halogenated alkanes) is 1. The van der Waals surface area contributed by atoms with Gasteiger partial charge in [0.25, 0.3) is 0 Å². The van der Waals surface area contributed by atoms with E-state index in [9.17, 15) is 18.7 Å². The smallest absolute Gasteiger partial charge is 0.322 e. The number of imidazole rings is 1. The van der Waals surface area contributed by atoms with Crippen molar-refractivity contribution in [1.82, 2.24) is 14.7 Å². The van der Waals surface area contributed by atoms with Crippen LogP contribution in [0.2, 0.25) is 0 Å². The van der Waals surface area contributed by atoms with E-state index >= 15 is 0 Å². The lowest BCUT2D eigenvalue weighted by atomic mass is 10.1. The zero-order valence-electron chi connectivity index (χ0n) is 18.3. The van der Waals surface area contributed by atoms with Crippen LogP contribution in [0.4, 0.5) is 8.78 Å². The Bertz CT molecular complexity index is 1070. The van der Waals surface area contributed by atoms with E-state index in [1.165, 1.54) is 25.3 Å². The van der Waals surface area contributed by atoms with Gasteiger partial charge in [0.05, 0.1) is 24.1 Å². The summed E-state index contributed by atoms with van der Waals surface area (Å²) in [6, 6.07) is 6.24. The Morgan fingerprint density at radius 2 is 1.97 bits per heavy atom. The maximum atomic E-state index is 13.9. The van der Waals surface area contributed by atoms with Crippen LogP contribution in [0, 0.1) is 18.6 Å². The zero-order valence-corrected chi connectivity index (χ0v) is 18.3. The summed E-state index contributed by atoms with van der Waals surface area (Å²) >= 11 is 0. The van der Waals surface area contributed by atoms with Gasteiger partial charge in [0, 0.05) is 6.20 Å². The number of nitrogens with one attached hydrogen (secondary N) is 1. The number of carbonyl (C=O) groups excluding carboxylic acids is 1. The van der Waals surface area contributed by atoms with Crippen molar-refractivity contribution in [3.05, 3.63) is 65.1 Å². The number of aliphatic hydroxyl groups excluding tert-OH is 1. The van der Waals surface area contributed by atoms with Crippen LogP contribution >= 0.6 is 0 Å². The van der Waals surface area contributed by atoms with Crippen molar-refractivity contribution in [2.45, 2.75) is 52.0 Å². The Balaban J connectivity index is 1.86. The summed E-state index contributed by atoms with van der Waals surface area (Å²) in [5.41, 5.74) is 1.13. The maximum Gasteiger partial charge on any atom is 0.322 e. The van der Waals surface area contributed by atoms with Gasteiger partial charge in [-0.15, -0.1) is 0 Å². The predicted octanol–water partition coefficient (Wildman–Crippen LogP) is 3.81. The molecular weight excluding hydrogens is 420 g/mol. The summed E-state index contributed by atoms with van der Waals surface area (Å²) in [6.07, 6.45) is 2.67. The van der Waals surface area contributed by atoms with E-state index in [1.54, 1.807) is 29.7 Å². The van der Waals surface area contributed by atoms with E-state index in [1.807, 2.05) is 6.92 Å². The molecule has 2 atom stereocenters. The van der Waals surface area contributed by atoms with Gasteiger partial charge in [0.2, 0.25) is 0 Å². The first-order valence-electron chi connectivity index (χ1n) is 10.4. The molecule has 0 spiro atoms. The molecule has 172 valence electrons. The van der Waals surface area contributed by atoms with Crippen molar-refractivity contribution in [3.63, 3.8) is 0 Å². The molecule has 9 heteroatoms. The summed E-state index contributed by atoms with van der Waals surface area (Å²) in [6.45, 7) is 3.41.